The Morgan fingerprint density at radius 1 is 1.33 bits per heavy atom. The molecule has 0 saturated carbocycles. The van der Waals surface area contributed by atoms with Crippen molar-refractivity contribution in [3.05, 3.63) is 42.4 Å². The van der Waals surface area contributed by atoms with Crippen LogP contribution >= 0.6 is 0 Å². The number of hydrogen-bond acceptors (Lipinski definition) is 2. The van der Waals surface area contributed by atoms with Crippen molar-refractivity contribution in [1.29, 1.82) is 0 Å². The van der Waals surface area contributed by atoms with Crippen LogP contribution in [0.5, 0.6) is 0 Å². The number of nitrogens with zero attached hydrogens (tertiary/aromatic N) is 5. The van der Waals surface area contributed by atoms with Gasteiger partial charge in [-0.2, -0.15) is 0 Å². The highest BCUT2D eigenvalue weighted by Gasteiger charge is 2.34. The summed E-state index contributed by atoms with van der Waals surface area (Å²) in [7, 11) is 0. The van der Waals surface area contributed by atoms with Crippen LogP contribution in [0.15, 0.2) is 36.8 Å². The molecule has 0 aromatic carbocycles. The number of aromatic nitrogens is 5. The smallest absolute Gasteiger partial charge is 0.264 e. The first-order valence-electron chi connectivity index (χ1n) is 9.57. The predicted octanol–water partition coefficient (Wildman–Crippen LogP) is 1.78. The molecule has 21 heavy (non-hydrogen) atoms. The number of hydrogen-bond donors (Lipinski definition) is 0. The molecule has 0 spiro atoms. The molecule has 0 atom stereocenters. The van der Waals surface area contributed by atoms with E-state index in [9.17, 15) is 0 Å². The Labute approximate surface area is 129 Å². The van der Waals surface area contributed by atoms with Crippen molar-refractivity contribution in [3.63, 3.8) is 0 Å². The second-order valence-electron chi connectivity index (χ2n) is 5.16. The minimum atomic E-state index is -2.58. The van der Waals surface area contributed by atoms with Gasteiger partial charge in [-0.05, 0) is 18.2 Å². The third kappa shape index (κ3) is 1.15. The van der Waals surface area contributed by atoms with Crippen LogP contribution in [0.3, 0.4) is 0 Å². The second-order valence-corrected chi connectivity index (χ2v) is 5.16. The van der Waals surface area contributed by atoms with Gasteiger partial charge in [0.1, 0.15) is 0 Å². The molecule has 0 radical (unpaired) electrons. The first-order valence-corrected chi connectivity index (χ1v) is 6.57. The van der Waals surface area contributed by atoms with E-state index in [0.29, 0.717) is 28.8 Å². The van der Waals surface area contributed by atoms with E-state index in [1.807, 2.05) is 10.6 Å². The van der Waals surface area contributed by atoms with Gasteiger partial charge in [-0.15, -0.1) is 0 Å². The first kappa shape index (κ1) is 6.85. The van der Waals surface area contributed by atoms with Gasteiger partial charge < -0.3 is 0 Å². The summed E-state index contributed by atoms with van der Waals surface area (Å²) in [4.78, 5) is 8.36. The summed E-state index contributed by atoms with van der Waals surface area (Å²) in [6, 6.07) is 5.33. The first-order chi connectivity index (χ1) is 12.7. The molecule has 1 aliphatic rings. The van der Waals surface area contributed by atoms with Gasteiger partial charge >= 0.3 is 0 Å². The monoisotopic (exact) mass is 282 g/mol. The maximum atomic E-state index is 8.10. The molecule has 5 nitrogen and oxygen atoms in total. The van der Waals surface area contributed by atoms with Crippen molar-refractivity contribution in [2.45, 2.75) is 6.54 Å². The molecular formula is C16H14N5+. The maximum absolute atomic E-state index is 8.10. The fraction of sp³-hybridized carbons (Fsp3) is 0.188. The van der Waals surface area contributed by atoms with E-state index in [4.69, 9.17) is 8.22 Å². The zero-order valence-electron chi connectivity index (χ0n) is 16.9. The molecule has 102 valence electrons. The van der Waals surface area contributed by atoms with Gasteiger partial charge in [0.15, 0.2) is 5.52 Å². The average molecular weight is 282 g/mol. The zero-order valence-corrected chi connectivity index (χ0v) is 10.9. The van der Waals surface area contributed by atoms with Gasteiger partial charge in [0.2, 0.25) is 11.5 Å². The Hall–Kier alpha value is -2.69. The van der Waals surface area contributed by atoms with Crippen LogP contribution in [0.4, 0.5) is 0 Å². The number of pyridine rings is 2. The Bertz CT molecular complexity index is 1230. The lowest BCUT2D eigenvalue weighted by Crippen LogP contribution is -2.31. The van der Waals surface area contributed by atoms with Crippen molar-refractivity contribution >= 4 is 22.2 Å². The molecule has 0 bridgehead atoms. The molecule has 4 aromatic rings. The molecule has 5 heterocycles. The van der Waals surface area contributed by atoms with Crippen LogP contribution in [-0.4, -0.2) is 19.1 Å². The molecule has 0 N–H and O–H groups in total. The van der Waals surface area contributed by atoms with Gasteiger partial charge in [0, 0.05) is 24.2 Å². The van der Waals surface area contributed by atoms with Gasteiger partial charge in [0.05, 0.1) is 39.7 Å². The molecule has 0 unspecified atom stereocenters. The fourth-order valence-corrected chi connectivity index (χ4v) is 3.24. The molecule has 0 fully saturated rings. The SMILES string of the molecule is [2H]C([2H])([2H])n1c2ncccc2c2c1[n+](C([2H])([2H])[2H])c1n2Cc2ccncc2-1. The topological polar surface area (TPSA) is 39.5 Å². The molecule has 0 amide bonds. The van der Waals surface area contributed by atoms with Gasteiger partial charge in [-0.1, -0.05) is 0 Å². The highest BCUT2D eigenvalue weighted by molar-refractivity contribution is 6.03. The highest BCUT2D eigenvalue weighted by Crippen LogP contribution is 2.35. The largest absolute Gasteiger partial charge is 0.270 e. The van der Waals surface area contributed by atoms with E-state index >= 15 is 0 Å². The zero-order chi connectivity index (χ0) is 19.1. The third-order valence-electron chi connectivity index (χ3n) is 4.11. The second kappa shape index (κ2) is 3.49. The lowest BCUT2D eigenvalue weighted by Gasteiger charge is -1.97. The average Bonchev–Trinajstić information content (AvgIpc) is 3.18. The van der Waals surface area contributed by atoms with E-state index in [-0.39, 0.29) is 11.3 Å². The van der Waals surface area contributed by atoms with Crippen LogP contribution in [0, 0.1) is 0 Å². The minimum Gasteiger partial charge on any atom is -0.264 e. The summed E-state index contributed by atoms with van der Waals surface area (Å²) in [5, 5.41) is 0.605. The van der Waals surface area contributed by atoms with Crippen molar-refractivity contribution in [1.82, 2.24) is 19.1 Å². The summed E-state index contributed by atoms with van der Waals surface area (Å²) < 4.78 is 52.3. The summed E-state index contributed by atoms with van der Waals surface area (Å²) in [6.45, 7) is -4.71. The maximum Gasteiger partial charge on any atom is 0.270 e. The normalized spacial score (nSPS) is 18.5. The summed E-state index contributed by atoms with van der Waals surface area (Å²) in [5.74, 6) is 0.437. The lowest BCUT2D eigenvalue weighted by molar-refractivity contribution is -0.636. The molecule has 0 saturated heterocycles. The number of fused-ring (bicyclic) bond motifs is 7. The number of rotatable bonds is 0. The molecule has 1 aliphatic heterocycles. The Morgan fingerprint density at radius 2 is 2.33 bits per heavy atom. The quantitative estimate of drug-likeness (QED) is 0.406. The van der Waals surface area contributed by atoms with E-state index in [2.05, 4.69) is 9.97 Å². The molecular weight excluding hydrogens is 262 g/mol. The van der Waals surface area contributed by atoms with E-state index in [1.165, 1.54) is 6.20 Å². The van der Waals surface area contributed by atoms with Gasteiger partial charge in [-0.25, -0.2) is 18.7 Å². The van der Waals surface area contributed by atoms with Crippen molar-refractivity contribution < 1.29 is 12.8 Å². The summed E-state index contributed by atoms with van der Waals surface area (Å²) in [5.41, 5.74) is 2.55. The van der Waals surface area contributed by atoms with Crippen LogP contribution in [-0.2, 0) is 20.5 Å². The van der Waals surface area contributed by atoms with Crippen LogP contribution in [0.2, 0.25) is 0 Å². The Morgan fingerprint density at radius 3 is 3.24 bits per heavy atom. The number of aryl methyl sites for hydroxylation is 2. The Balaban J connectivity index is 2.07. The van der Waals surface area contributed by atoms with Gasteiger partial charge in [0.25, 0.3) is 5.65 Å². The predicted molar refractivity (Wildman–Crippen MR) is 79.7 cm³/mol. The van der Waals surface area contributed by atoms with Crippen LogP contribution < -0.4 is 4.57 Å². The Kier molecular flexibility index (Phi) is 1.14. The minimum absolute atomic E-state index is 0.119. The van der Waals surface area contributed by atoms with Crippen molar-refractivity contribution in [2.75, 3.05) is 0 Å². The summed E-state index contributed by atoms with van der Waals surface area (Å²) in [6.07, 6.45) is 4.79. The van der Waals surface area contributed by atoms with E-state index < -0.39 is 14.0 Å². The molecule has 4 aromatic heterocycles. The van der Waals surface area contributed by atoms with Crippen molar-refractivity contribution in [2.24, 2.45) is 14.0 Å². The fourth-order valence-electron chi connectivity index (χ4n) is 3.24. The summed E-state index contributed by atoms with van der Waals surface area (Å²) >= 11 is 0. The molecule has 5 rings (SSSR count). The van der Waals surface area contributed by atoms with Crippen LogP contribution in [0.1, 0.15) is 13.8 Å². The van der Waals surface area contributed by atoms with Gasteiger partial charge in [-0.3, -0.25) is 4.98 Å². The van der Waals surface area contributed by atoms with Crippen molar-refractivity contribution in [3.8, 4) is 11.4 Å². The lowest BCUT2D eigenvalue weighted by atomic mass is 10.2. The molecule has 0 aliphatic carbocycles. The van der Waals surface area contributed by atoms with Crippen LogP contribution in [0.25, 0.3) is 33.6 Å². The standard InChI is InChI=1S/C16H14N5/c1-19-14-11(4-3-6-18-14)13-16(19)20(2)15-12-8-17-7-5-10(12)9-21(13)15/h3-8H,9H2,1-2H3/q+1/i1D3,2D3. The highest BCUT2D eigenvalue weighted by atomic mass is 15.2. The van der Waals surface area contributed by atoms with E-state index in [1.54, 1.807) is 24.5 Å². The van der Waals surface area contributed by atoms with E-state index in [0.717, 1.165) is 14.7 Å². The molecule has 5 heteroatoms. The third-order valence-corrected chi connectivity index (χ3v) is 4.11. The number of imidazole rings is 1.